The number of benzene rings is 1. The molecule has 2 atom stereocenters. The number of ether oxygens (including phenoxy) is 1. The quantitative estimate of drug-likeness (QED) is 0.845. The molecule has 0 aromatic heterocycles. The van der Waals surface area contributed by atoms with E-state index in [1.165, 1.54) is 13.0 Å². The molecule has 0 heterocycles. The summed E-state index contributed by atoms with van der Waals surface area (Å²) in [7, 11) is 0. The molecule has 0 fully saturated rings. The van der Waals surface area contributed by atoms with Crippen molar-refractivity contribution in [3.8, 4) is 5.75 Å². The lowest BCUT2D eigenvalue weighted by atomic mass is 10.0. The summed E-state index contributed by atoms with van der Waals surface area (Å²) in [4.78, 5) is 22.4. The first-order valence-electron chi connectivity index (χ1n) is 5.91. The van der Waals surface area contributed by atoms with Crippen molar-refractivity contribution in [2.45, 2.75) is 19.9 Å². The first-order valence-corrected chi connectivity index (χ1v) is 6.67. The third kappa shape index (κ3) is 4.90. The molecule has 1 rings (SSSR count). The number of hydrogen-bond acceptors (Lipinski definition) is 3. The minimum atomic E-state index is -0.969. The van der Waals surface area contributed by atoms with Crippen molar-refractivity contribution in [3.05, 3.63) is 28.2 Å². The van der Waals surface area contributed by atoms with Crippen LogP contribution in [0.2, 0.25) is 10.0 Å². The zero-order valence-corrected chi connectivity index (χ0v) is 12.5. The van der Waals surface area contributed by atoms with Gasteiger partial charge in [-0.2, -0.15) is 0 Å². The number of amides is 1. The van der Waals surface area contributed by atoms with Crippen LogP contribution in [0.1, 0.15) is 13.8 Å². The van der Waals surface area contributed by atoms with E-state index in [0.717, 1.165) is 0 Å². The van der Waals surface area contributed by atoms with Crippen LogP contribution in [0.25, 0.3) is 0 Å². The molecule has 20 heavy (non-hydrogen) atoms. The van der Waals surface area contributed by atoms with E-state index in [2.05, 4.69) is 5.32 Å². The maximum atomic E-state index is 11.6. The van der Waals surface area contributed by atoms with Crippen LogP contribution in [-0.4, -0.2) is 29.6 Å². The summed E-state index contributed by atoms with van der Waals surface area (Å²) in [5.74, 6) is -1.64. The summed E-state index contributed by atoms with van der Waals surface area (Å²) in [6.45, 7) is 2.91. The van der Waals surface area contributed by atoms with Crippen molar-refractivity contribution in [2.24, 2.45) is 5.92 Å². The van der Waals surface area contributed by atoms with Gasteiger partial charge in [-0.05, 0) is 26.0 Å². The van der Waals surface area contributed by atoms with Gasteiger partial charge < -0.3 is 15.2 Å². The molecule has 1 amide bonds. The summed E-state index contributed by atoms with van der Waals surface area (Å²) in [5, 5.41) is 12.1. The average molecular weight is 320 g/mol. The number of nitrogens with one attached hydrogen (secondary N) is 1. The second-order valence-corrected chi connectivity index (χ2v) is 5.16. The highest BCUT2D eigenvalue weighted by Gasteiger charge is 2.21. The fraction of sp³-hybridized carbons (Fsp3) is 0.385. The summed E-state index contributed by atoms with van der Waals surface area (Å²) in [6.07, 6.45) is 0. The van der Waals surface area contributed by atoms with Crippen LogP contribution in [0.3, 0.4) is 0 Å². The van der Waals surface area contributed by atoms with Gasteiger partial charge in [-0.25, -0.2) is 0 Å². The molecule has 0 aliphatic carbocycles. The lowest BCUT2D eigenvalue weighted by Crippen LogP contribution is -2.42. The van der Waals surface area contributed by atoms with Gasteiger partial charge in [-0.1, -0.05) is 23.2 Å². The van der Waals surface area contributed by atoms with Crippen molar-refractivity contribution in [1.82, 2.24) is 5.32 Å². The van der Waals surface area contributed by atoms with Gasteiger partial charge in [-0.15, -0.1) is 0 Å². The van der Waals surface area contributed by atoms with Crippen molar-refractivity contribution in [3.63, 3.8) is 0 Å². The second kappa shape index (κ2) is 7.36. The van der Waals surface area contributed by atoms with Crippen molar-refractivity contribution >= 4 is 35.1 Å². The summed E-state index contributed by atoms with van der Waals surface area (Å²) in [6, 6.07) is 4.16. The molecule has 2 unspecified atom stereocenters. The highest BCUT2D eigenvalue weighted by molar-refractivity contribution is 6.42. The van der Waals surface area contributed by atoms with E-state index < -0.39 is 23.8 Å². The standard InChI is InChI=1S/C13H15Cl2NO4/c1-7(13(18)19)8(2)16-12(17)6-20-9-3-4-10(14)11(15)5-9/h3-5,7-8H,6H2,1-2H3,(H,16,17)(H,18,19). The van der Waals surface area contributed by atoms with Crippen LogP contribution in [0.4, 0.5) is 0 Å². The average Bonchev–Trinajstić information content (AvgIpc) is 2.39. The molecule has 7 heteroatoms. The zero-order chi connectivity index (χ0) is 15.3. The maximum absolute atomic E-state index is 11.6. The predicted molar refractivity (Wildman–Crippen MR) is 76.4 cm³/mol. The van der Waals surface area contributed by atoms with Crippen molar-refractivity contribution < 1.29 is 19.4 Å². The Balaban J connectivity index is 2.47. The third-order valence-corrected chi connectivity index (χ3v) is 3.53. The van der Waals surface area contributed by atoms with Crippen LogP contribution in [-0.2, 0) is 9.59 Å². The van der Waals surface area contributed by atoms with E-state index >= 15 is 0 Å². The monoisotopic (exact) mass is 319 g/mol. The molecule has 0 aliphatic heterocycles. The lowest BCUT2D eigenvalue weighted by Gasteiger charge is -2.17. The van der Waals surface area contributed by atoms with E-state index in [1.54, 1.807) is 19.1 Å². The molecule has 110 valence electrons. The second-order valence-electron chi connectivity index (χ2n) is 4.35. The van der Waals surface area contributed by atoms with Crippen LogP contribution in [0.15, 0.2) is 18.2 Å². The molecule has 0 saturated heterocycles. The molecule has 1 aromatic carbocycles. The minimum Gasteiger partial charge on any atom is -0.484 e. The van der Waals surface area contributed by atoms with Crippen molar-refractivity contribution in [2.75, 3.05) is 6.61 Å². The number of carbonyl (C=O) groups is 2. The molecule has 0 spiro atoms. The van der Waals surface area contributed by atoms with Crippen LogP contribution >= 0.6 is 23.2 Å². The molecule has 0 saturated carbocycles. The van der Waals surface area contributed by atoms with Crippen molar-refractivity contribution in [1.29, 1.82) is 0 Å². The number of carboxylic acids is 1. The molecule has 0 bridgehead atoms. The summed E-state index contributed by atoms with van der Waals surface area (Å²) >= 11 is 11.6. The number of rotatable bonds is 6. The minimum absolute atomic E-state index is 0.228. The van der Waals surface area contributed by atoms with Crippen LogP contribution < -0.4 is 10.1 Å². The van der Waals surface area contributed by atoms with E-state index in [1.807, 2.05) is 0 Å². The molecular formula is C13H15Cl2NO4. The Morgan fingerprint density at radius 3 is 2.50 bits per heavy atom. The molecule has 0 aliphatic rings. The van der Waals surface area contributed by atoms with Gasteiger partial charge in [0.1, 0.15) is 5.75 Å². The Hall–Kier alpha value is -1.46. The normalized spacial score (nSPS) is 13.4. The number of hydrogen-bond donors (Lipinski definition) is 2. The fourth-order valence-electron chi connectivity index (χ4n) is 1.35. The maximum Gasteiger partial charge on any atom is 0.308 e. The number of halogens is 2. The lowest BCUT2D eigenvalue weighted by molar-refractivity contribution is -0.142. The van der Waals surface area contributed by atoms with E-state index in [4.69, 9.17) is 33.0 Å². The topological polar surface area (TPSA) is 75.6 Å². The number of aliphatic carboxylic acids is 1. The highest BCUT2D eigenvalue weighted by atomic mass is 35.5. The van der Waals surface area contributed by atoms with Gasteiger partial charge in [0, 0.05) is 12.1 Å². The Bertz CT molecular complexity index is 507. The Morgan fingerprint density at radius 1 is 1.30 bits per heavy atom. The Kier molecular flexibility index (Phi) is 6.10. The SMILES string of the molecule is CC(NC(=O)COc1ccc(Cl)c(Cl)c1)C(C)C(=O)O. The van der Waals surface area contributed by atoms with Gasteiger partial charge in [0.2, 0.25) is 0 Å². The molecule has 0 radical (unpaired) electrons. The van der Waals surface area contributed by atoms with Gasteiger partial charge >= 0.3 is 5.97 Å². The first-order chi connectivity index (χ1) is 9.31. The number of carbonyl (C=O) groups excluding carboxylic acids is 1. The first kappa shape index (κ1) is 16.6. The van der Waals surface area contributed by atoms with Crippen LogP contribution in [0, 0.1) is 5.92 Å². The Labute approximate surface area is 126 Å². The molecule has 2 N–H and O–H groups in total. The number of carboxylic acid groups (broad SMARTS) is 1. The molecule has 5 nitrogen and oxygen atoms in total. The zero-order valence-electron chi connectivity index (χ0n) is 11.0. The van der Waals surface area contributed by atoms with Gasteiger partial charge in [0.25, 0.3) is 5.91 Å². The highest BCUT2D eigenvalue weighted by Crippen LogP contribution is 2.26. The van der Waals surface area contributed by atoms with Gasteiger partial charge in [-0.3, -0.25) is 9.59 Å². The molecular weight excluding hydrogens is 305 g/mol. The van der Waals surface area contributed by atoms with Gasteiger partial charge in [0.15, 0.2) is 6.61 Å². The summed E-state index contributed by atoms with van der Waals surface area (Å²) in [5.41, 5.74) is 0. The van der Waals surface area contributed by atoms with E-state index in [9.17, 15) is 9.59 Å². The third-order valence-electron chi connectivity index (χ3n) is 2.79. The van der Waals surface area contributed by atoms with Crippen LogP contribution in [0.5, 0.6) is 5.75 Å². The molecule has 1 aromatic rings. The largest absolute Gasteiger partial charge is 0.484 e. The Morgan fingerprint density at radius 2 is 1.95 bits per heavy atom. The van der Waals surface area contributed by atoms with Gasteiger partial charge in [0.05, 0.1) is 16.0 Å². The fourth-order valence-corrected chi connectivity index (χ4v) is 1.64. The van der Waals surface area contributed by atoms with E-state index in [0.29, 0.717) is 15.8 Å². The smallest absolute Gasteiger partial charge is 0.308 e. The van der Waals surface area contributed by atoms with E-state index in [-0.39, 0.29) is 6.61 Å². The predicted octanol–water partition coefficient (Wildman–Crippen LogP) is 2.60. The summed E-state index contributed by atoms with van der Waals surface area (Å²) < 4.78 is 5.24.